The smallest absolute Gasteiger partial charge is 0.127 e. The van der Waals surface area contributed by atoms with Gasteiger partial charge < -0.3 is 0 Å². The van der Waals surface area contributed by atoms with Crippen molar-refractivity contribution < 1.29 is 4.39 Å². The van der Waals surface area contributed by atoms with Gasteiger partial charge in [-0.1, -0.05) is 30.6 Å². The van der Waals surface area contributed by atoms with Gasteiger partial charge in [-0.05, 0) is 30.2 Å². The first-order chi connectivity index (χ1) is 6.65. The highest BCUT2D eigenvalue weighted by atomic mass is 35.5. The van der Waals surface area contributed by atoms with E-state index in [4.69, 9.17) is 11.6 Å². The molecule has 0 fully saturated rings. The summed E-state index contributed by atoms with van der Waals surface area (Å²) in [5.41, 5.74) is 0.967. The van der Waals surface area contributed by atoms with Crippen LogP contribution in [0.15, 0.2) is 17.3 Å². The lowest BCUT2D eigenvalue weighted by atomic mass is 10.1. The Hall–Kier alpha value is -0.960. The molecule has 2 nitrogen and oxygen atoms in total. The van der Waals surface area contributed by atoms with Gasteiger partial charge in [0.2, 0.25) is 0 Å². The summed E-state index contributed by atoms with van der Waals surface area (Å²) in [7, 11) is 0. The summed E-state index contributed by atoms with van der Waals surface area (Å²) in [6, 6.07) is 2.76. The molecule has 0 aliphatic heterocycles. The number of nitrogens with zero attached hydrogens (tertiary/aromatic N) is 1. The van der Waals surface area contributed by atoms with Crippen LogP contribution in [-0.4, -0.2) is 0 Å². The predicted octanol–water partition coefficient (Wildman–Crippen LogP) is 4.08. The van der Waals surface area contributed by atoms with Gasteiger partial charge in [0.15, 0.2) is 0 Å². The SMILES string of the molecule is CC.Cc1c(F)cc(Cl)cc1CN=O. The van der Waals surface area contributed by atoms with Gasteiger partial charge in [-0.3, -0.25) is 0 Å². The third-order valence-electron chi connectivity index (χ3n) is 1.65. The molecule has 0 unspecified atom stereocenters. The van der Waals surface area contributed by atoms with Crippen LogP contribution in [0.25, 0.3) is 0 Å². The van der Waals surface area contributed by atoms with E-state index in [0.29, 0.717) is 11.1 Å². The van der Waals surface area contributed by atoms with E-state index < -0.39 is 5.82 Å². The summed E-state index contributed by atoms with van der Waals surface area (Å²) in [6.45, 7) is 5.55. The molecule has 78 valence electrons. The number of hydrogen-bond acceptors (Lipinski definition) is 2. The van der Waals surface area contributed by atoms with Gasteiger partial charge in [0.25, 0.3) is 0 Å². The van der Waals surface area contributed by atoms with E-state index in [-0.39, 0.29) is 11.6 Å². The third-order valence-corrected chi connectivity index (χ3v) is 1.87. The maximum Gasteiger partial charge on any atom is 0.127 e. The van der Waals surface area contributed by atoms with Gasteiger partial charge in [-0.2, -0.15) is 4.91 Å². The lowest BCUT2D eigenvalue weighted by molar-refractivity contribution is 0.615. The molecule has 14 heavy (non-hydrogen) atoms. The van der Waals surface area contributed by atoms with Crippen LogP contribution in [0.5, 0.6) is 0 Å². The number of benzene rings is 1. The summed E-state index contributed by atoms with van der Waals surface area (Å²) < 4.78 is 12.9. The summed E-state index contributed by atoms with van der Waals surface area (Å²) in [5, 5.41) is 2.96. The average molecular weight is 218 g/mol. The lowest BCUT2D eigenvalue weighted by Gasteiger charge is -2.02. The molecule has 0 spiro atoms. The Kier molecular flexibility index (Phi) is 6.04. The van der Waals surface area contributed by atoms with Crippen LogP contribution < -0.4 is 0 Å². The number of hydrogen-bond donors (Lipinski definition) is 0. The molecule has 0 aliphatic rings. The Labute approximate surface area is 88.1 Å². The van der Waals surface area contributed by atoms with Crippen molar-refractivity contribution in [2.75, 3.05) is 0 Å². The Balaban J connectivity index is 0.000000791. The van der Waals surface area contributed by atoms with Gasteiger partial charge in [-0.25, -0.2) is 4.39 Å². The standard InChI is InChI=1S/C8H7ClFNO.C2H6/c1-5-6(4-11-12)2-7(9)3-8(5)10;1-2/h2-3H,4H2,1H3;1-2H3. The topological polar surface area (TPSA) is 29.4 Å². The normalized spacial score (nSPS) is 8.93. The molecule has 1 aromatic carbocycles. The van der Waals surface area contributed by atoms with Gasteiger partial charge in [0, 0.05) is 5.02 Å². The Morgan fingerprint density at radius 1 is 1.43 bits per heavy atom. The molecule has 0 atom stereocenters. The van der Waals surface area contributed by atoms with Crippen LogP contribution in [0.1, 0.15) is 25.0 Å². The molecule has 0 saturated carbocycles. The fraction of sp³-hybridized carbons (Fsp3) is 0.400. The third kappa shape index (κ3) is 3.42. The van der Waals surface area contributed by atoms with Gasteiger partial charge >= 0.3 is 0 Å². The fourth-order valence-electron chi connectivity index (χ4n) is 0.933. The van der Waals surface area contributed by atoms with Gasteiger partial charge in [0.05, 0.1) is 0 Å². The second-order valence-corrected chi connectivity index (χ2v) is 2.90. The van der Waals surface area contributed by atoms with Crippen LogP contribution in [0.2, 0.25) is 5.02 Å². The van der Waals surface area contributed by atoms with E-state index in [1.54, 1.807) is 13.0 Å². The van der Waals surface area contributed by atoms with Crippen LogP contribution in [0, 0.1) is 17.6 Å². The quantitative estimate of drug-likeness (QED) is 0.687. The van der Waals surface area contributed by atoms with E-state index in [9.17, 15) is 9.30 Å². The molecule has 0 aliphatic carbocycles. The molecule has 0 radical (unpaired) electrons. The van der Waals surface area contributed by atoms with Crippen LogP contribution in [0.3, 0.4) is 0 Å². The molecular weight excluding hydrogens is 205 g/mol. The second kappa shape index (κ2) is 6.49. The predicted molar refractivity (Wildman–Crippen MR) is 57.0 cm³/mol. The van der Waals surface area contributed by atoms with Crippen molar-refractivity contribution in [2.45, 2.75) is 27.3 Å². The van der Waals surface area contributed by atoms with Crippen LogP contribution >= 0.6 is 11.6 Å². The zero-order valence-electron chi connectivity index (χ0n) is 8.47. The van der Waals surface area contributed by atoms with E-state index in [2.05, 4.69) is 5.18 Å². The summed E-state index contributed by atoms with van der Waals surface area (Å²) >= 11 is 5.57. The molecule has 0 saturated heterocycles. The summed E-state index contributed by atoms with van der Waals surface area (Å²) in [6.07, 6.45) is 0. The van der Waals surface area contributed by atoms with E-state index >= 15 is 0 Å². The minimum absolute atomic E-state index is 0.0384. The minimum atomic E-state index is -0.402. The molecule has 0 aromatic heterocycles. The van der Waals surface area contributed by atoms with Crippen molar-refractivity contribution in [3.8, 4) is 0 Å². The lowest BCUT2D eigenvalue weighted by Crippen LogP contribution is -1.91. The highest BCUT2D eigenvalue weighted by Gasteiger charge is 2.05. The van der Waals surface area contributed by atoms with Crippen LogP contribution in [-0.2, 0) is 6.54 Å². The van der Waals surface area contributed by atoms with Crippen molar-refractivity contribution in [3.05, 3.63) is 39.0 Å². The van der Waals surface area contributed by atoms with Crippen molar-refractivity contribution in [1.29, 1.82) is 0 Å². The Morgan fingerprint density at radius 2 is 2.00 bits per heavy atom. The van der Waals surface area contributed by atoms with E-state index in [0.717, 1.165) is 0 Å². The molecule has 0 N–H and O–H groups in total. The first-order valence-electron chi connectivity index (χ1n) is 4.39. The molecular formula is C10H13ClFNO. The van der Waals surface area contributed by atoms with Crippen molar-refractivity contribution >= 4 is 11.6 Å². The molecule has 0 bridgehead atoms. The summed E-state index contributed by atoms with van der Waals surface area (Å²) in [5.74, 6) is -0.402. The second-order valence-electron chi connectivity index (χ2n) is 2.46. The first-order valence-corrected chi connectivity index (χ1v) is 4.76. The minimum Gasteiger partial charge on any atom is -0.207 e. The Morgan fingerprint density at radius 3 is 2.50 bits per heavy atom. The zero-order valence-corrected chi connectivity index (χ0v) is 9.23. The molecule has 1 aromatic rings. The van der Waals surface area contributed by atoms with E-state index in [1.165, 1.54) is 6.07 Å². The van der Waals surface area contributed by atoms with E-state index in [1.807, 2.05) is 13.8 Å². The largest absolute Gasteiger partial charge is 0.207 e. The highest BCUT2D eigenvalue weighted by molar-refractivity contribution is 6.30. The highest BCUT2D eigenvalue weighted by Crippen LogP contribution is 2.19. The van der Waals surface area contributed by atoms with Gasteiger partial charge in [-0.15, -0.1) is 0 Å². The average Bonchev–Trinajstić information content (AvgIpc) is 2.17. The maximum atomic E-state index is 12.9. The molecule has 1 rings (SSSR count). The number of nitroso groups, excluding NO2 is 1. The van der Waals surface area contributed by atoms with Crippen molar-refractivity contribution in [2.24, 2.45) is 5.18 Å². The van der Waals surface area contributed by atoms with Crippen LogP contribution in [0.4, 0.5) is 4.39 Å². The fourth-order valence-corrected chi connectivity index (χ4v) is 1.16. The summed E-state index contributed by atoms with van der Waals surface area (Å²) in [4.78, 5) is 9.93. The van der Waals surface area contributed by atoms with Crippen molar-refractivity contribution in [1.82, 2.24) is 0 Å². The number of halogens is 2. The number of rotatable bonds is 2. The monoisotopic (exact) mass is 217 g/mol. The van der Waals surface area contributed by atoms with Crippen molar-refractivity contribution in [3.63, 3.8) is 0 Å². The Bertz CT molecular complexity index is 315. The maximum absolute atomic E-state index is 12.9. The molecule has 0 heterocycles. The first kappa shape index (κ1) is 13.0. The zero-order chi connectivity index (χ0) is 11.1. The van der Waals surface area contributed by atoms with Gasteiger partial charge in [0.1, 0.15) is 12.4 Å². The molecule has 0 amide bonds. The molecule has 4 heteroatoms.